The van der Waals surface area contributed by atoms with Gasteiger partial charge < -0.3 is 0 Å². The lowest BCUT2D eigenvalue weighted by molar-refractivity contribution is 0.640. The Morgan fingerprint density at radius 2 is 1.38 bits per heavy atom. The van der Waals surface area contributed by atoms with Gasteiger partial charge in [0, 0.05) is 5.41 Å². The summed E-state index contributed by atoms with van der Waals surface area (Å²) in [5.74, 6) is 0. The summed E-state index contributed by atoms with van der Waals surface area (Å²) in [7, 11) is 0. The van der Waals surface area contributed by atoms with Crippen molar-refractivity contribution < 1.29 is 0 Å². The van der Waals surface area contributed by atoms with E-state index >= 15 is 0 Å². The van der Waals surface area contributed by atoms with Crippen LogP contribution in [0.4, 0.5) is 0 Å². The fourth-order valence-corrected chi connectivity index (χ4v) is 2.06. The first-order valence-electron chi connectivity index (χ1n) is 5.73. The maximum absolute atomic E-state index is 2.27. The molecule has 0 spiro atoms. The van der Waals surface area contributed by atoms with Crippen molar-refractivity contribution in [3.8, 4) is 0 Å². The van der Waals surface area contributed by atoms with Crippen molar-refractivity contribution in [2.75, 3.05) is 0 Å². The maximum Gasteiger partial charge on any atom is 0.0146 e. The van der Waals surface area contributed by atoms with Crippen LogP contribution < -0.4 is 0 Å². The van der Waals surface area contributed by atoms with Crippen LogP contribution in [-0.2, 0) is 5.41 Å². The van der Waals surface area contributed by atoms with Gasteiger partial charge in [-0.25, -0.2) is 0 Å². The van der Waals surface area contributed by atoms with E-state index in [0.717, 1.165) is 0 Å². The molecule has 0 heterocycles. The van der Waals surface area contributed by atoms with Gasteiger partial charge in [-0.3, -0.25) is 0 Å². The van der Waals surface area contributed by atoms with E-state index in [-0.39, 0.29) is 5.41 Å². The minimum Gasteiger partial charge on any atom is -0.0622 e. The second kappa shape index (κ2) is 4.13. The Morgan fingerprint density at radius 3 is 2.00 bits per heavy atom. The van der Waals surface area contributed by atoms with E-state index < -0.39 is 0 Å². The van der Waals surface area contributed by atoms with Gasteiger partial charge in [0.05, 0.1) is 0 Å². The van der Waals surface area contributed by atoms with Crippen molar-refractivity contribution >= 4 is 0 Å². The molecule has 0 N–H and O–H groups in total. The Labute approximate surface area is 97.9 Å². The summed E-state index contributed by atoms with van der Waals surface area (Å²) in [6, 6.07) is 19.4. The highest BCUT2D eigenvalue weighted by molar-refractivity contribution is 5.38. The van der Waals surface area contributed by atoms with Crippen molar-refractivity contribution in [1.82, 2.24) is 0 Å². The van der Waals surface area contributed by atoms with Crippen LogP contribution in [-0.4, -0.2) is 0 Å². The van der Waals surface area contributed by atoms with Gasteiger partial charge in [-0.2, -0.15) is 0 Å². The van der Waals surface area contributed by atoms with Crippen LogP contribution >= 0.6 is 0 Å². The Bertz CT molecular complexity index is 466. The second-order valence-corrected chi connectivity index (χ2v) is 4.86. The first-order chi connectivity index (χ1) is 7.60. The van der Waals surface area contributed by atoms with E-state index in [1.54, 1.807) is 0 Å². The number of benzene rings is 2. The molecule has 0 aliphatic heterocycles. The van der Waals surface area contributed by atoms with E-state index in [0.29, 0.717) is 0 Å². The Morgan fingerprint density at radius 1 is 0.750 bits per heavy atom. The lowest BCUT2D eigenvalue weighted by atomic mass is 9.78. The third-order valence-electron chi connectivity index (χ3n) is 3.24. The quantitative estimate of drug-likeness (QED) is 0.692. The molecule has 2 aromatic rings. The van der Waals surface area contributed by atoms with E-state index in [4.69, 9.17) is 0 Å². The van der Waals surface area contributed by atoms with Crippen molar-refractivity contribution in [2.24, 2.45) is 0 Å². The maximum atomic E-state index is 2.27. The van der Waals surface area contributed by atoms with Crippen molar-refractivity contribution in [3.05, 3.63) is 71.3 Å². The zero-order valence-electron chi connectivity index (χ0n) is 10.2. The van der Waals surface area contributed by atoms with Crippen LogP contribution in [0.5, 0.6) is 0 Å². The molecule has 0 unspecified atom stereocenters. The highest BCUT2D eigenvalue weighted by Gasteiger charge is 2.22. The van der Waals surface area contributed by atoms with Crippen LogP contribution in [0.3, 0.4) is 0 Å². The van der Waals surface area contributed by atoms with Gasteiger partial charge in [-0.1, -0.05) is 74.0 Å². The third-order valence-corrected chi connectivity index (χ3v) is 3.24. The Kier molecular flexibility index (Phi) is 2.82. The molecular weight excluding hydrogens is 192 g/mol. The standard InChI is InChI=1S/C16H18/c1-13-8-7-11-15(12-13)16(2,3)14-9-5-4-6-10-14/h4-12H,1-3H3. The summed E-state index contributed by atoms with van der Waals surface area (Å²) in [4.78, 5) is 0. The number of aryl methyl sites for hydroxylation is 1. The first-order valence-corrected chi connectivity index (χ1v) is 5.73. The molecule has 0 fully saturated rings. The molecule has 82 valence electrons. The minimum atomic E-state index is 0.0767. The molecule has 0 nitrogen and oxygen atoms in total. The van der Waals surface area contributed by atoms with Crippen LogP contribution in [0.15, 0.2) is 54.6 Å². The van der Waals surface area contributed by atoms with Gasteiger partial charge in [0.1, 0.15) is 0 Å². The molecule has 2 rings (SSSR count). The summed E-state index contributed by atoms with van der Waals surface area (Å²) in [6.07, 6.45) is 0. The largest absolute Gasteiger partial charge is 0.0622 e. The van der Waals surface area contributed by atoms with E-state index in [1.807, 2.05) is 0 Å². The average Bonchev–Trinajstić information content (AvgIpc) is 2.30. The van der Waals surface area contributed by atoms with E-state index in [9.17, 15) is 0 Å². The predicted octanol–water partition coefficient (Wildman–Crippen LogP) is 4.32. The van der Waals surface area contributed by atoms with Gasteiger partial charge in [-0.15, -0.1) is 0 Å². The fourth-order valence-electron chi connectivity index (χ4n) is 2.06. The van der Waals surface area contributed by atoms with E-state index in [2.05, 4.69) is 75.4 Å². The summed E-state index contributed by atoms with van der Waals surface area (Å²) in [5, 5.41) is 0. The van der Waals surface area contributed by atoms with Crippen LogP contribution in [0, 0.1) is 6.92 Å². The molecule has 0 radical (unpaired) electrons. The molecule has 0 saturated carbocycles. The van der Waals surface area contributed by atoms with Crippen molar-refractivity contribution in [1.29, 1.82) is 0 Å². The van der Waals surface area contributed by atoms with Crippen LogP contribution in [0.1, 0.15) is 30.5 Å². The summed E-state index contributed by atoms with van der Waals surface area (Å²) in [5.41, 5.74) is 4.13. The zero-order valence-corrected chi connectivity index (χ0v) is 10.2. The molecule has 0 amide bonds. The topological polar surface area (TPSA) is 0 Å². The van der Waals surface area contributed by atoms with E-state index in [1.165, 1.54) is 16.7 Å². The Hall–Kier alpha value is -1.56. The van der Waals surface area contributed by atoms with Gasteiger partial charge >= 0.3 is 0 Å². The number of hydrogen-bond donors (Lipinski definition) is 0. The summed E-state index contributed by atoms with van der Waals surface area (Å²) in [6.45, 7) is 6.69. The molecule has 0 atom stereocenters. The molecule has 16 heavy (non-hydrogen) atoms. The molecule has 0 heteroatoms. The summed E-state index contributed by atoms with van der Waals surface area (Å²) >= 11 is 0. The SMILES string of the molecule is Cc1cccc(C(C)(C)c2ccccc2)c1. The van der Waals surface area contributed by atoms with Gasteiger partial charge in [0.2, 0.25) is 0 Å². The smallest absolute Gasteiger partial charge is 0.0146 e. The normalized spacial score (nSPS) is 11.4. The molecule has 0 saturated heterocycles. The zero-order chi connectivity index (χ0) is 11.6. The van der Waals surface area contributed by atoms with Crippen LogP contribution in [0.25, 0.3) is 0 Å². The van der Waals surface area contributed by atoms with Crippen molar-refractivity contribution in [3.63, 3.8) is 0 Å². The fraction of sp³-hybridized carbons (Fsp3) is 0.250. The summed E-state index contributed by atoms with van der Waals surface area (Å²) < 4.78 is 0. The molecule has 2 aromatic carbocycles. The predicted molar refractivity (Wildman–Crippen MR) is 69.7 cm³/mol. The Balaban J connectivity index is 2.47. The van der Waals surface area contributed by atoms with Gasteiger partial charge in [0.15, 0.2) is 0 Å². The molecule has 0 bridgehead atoms. The molecule has 0 aliphatic rings. The number of hydrogen-bond acceptors (Lipinski definition) is 0. The second-order valence-electron chi connectivity index (χ2n) is 4.86. The minimum absolute atomic E-state index is 0.0767. The lowest BCUT2D eigenvalue weighted by Gasteiger charge is -2.26. The molecule has 0 aliphatic carbocycles. The molecular formula is C16H18. The molecule has 0 aromatic heterocycles. The van der Waals surface area contributed by atoms with Crippen LogP contribution in [0.2, 0.25) is 0 Å². The average molecular weight is 210 g/mol. The highest BCUT2D eigenvalue weighted by Crippen LogP contribution is 2.31. The third kappa shape index (κ3) is 2.01. The van der Waals surface area contributed by atoms with Gasteiger partial charge in [0.25, 0.3) is 0 Å². The van der Waals surface area contributed by atoms with Crippen molar-refractivity contribution in [2.45, 2.75) is 26.2 Å². The lowest BCUT2D eigenvalue weighted by Crippen LogP contribution is -2.18. The highest BCUT2D eigenvalue weighted by atomic mass is 14.3. The number of rotatable bonds is 2. The first kappa shape index (κ1) is 10.9. The van der Waals surface area contributed by atoms with Gasteiger partial charge in [-0.05, 0) is 18.1 Å². The monoisotopic (exact) mass is 210 g/mol.